The minimum atomic E-state index is -0.197. The van der Waals surface area contributed by atoms with Crippen molar-refractivity contribution in [1.29, 1.82) is 0 Å². The second kappa shape index (κ2) is 9.37. The van der Waals surface area contributed by atoms with E-state index in [9.17, 15) is 4.79 Å². The molecule has 0 aliphatic heterocycles. The first-order valence-electron chi connectivity index (χ1n) is 9.62. The normalized spacial score (nSPS) is 15.0. The molecule has 0 radical (unpaired) electrons. The first-order valence-corrected chi connectivity index (χ1v) is 10.00. The molecule has 1 fully saturated rings. The van der Waals surface area contributed by atoms with Crippen LogP contribution in [0.4, 0.5) is 5.69 Å². The number of methoxy groups -OCH3 is 3. The molecule has 2 N–H and O–H groups in total. The Morgan fingerprint density at radius 2 is 1.59 bits per heavy atom. The highest BCUT2D eigenvalue weighted by molar-refractivity contribution is 6.30. The van der Waals surface area contributed by atoms with Crippen LogP contribution < -0.4 is 24.8 Å². The largest absolute Gasteiger partial charge is 0.493 e. The molecular formula is C22H27ClN2O4. The van der Waals surface area contributed by atoms with Crippen molar-refractivity contribution in [2.24, 2.45) is 0 Å². The number of halogens is 1. The van der Waals surface area contributed by atoms with E-state index >= 15 is 0 Å². The Kier molecular flexibility index (Phi) is 6.87. The van der Waals surface area contributed by atoms with Crippen LogP contribution in [-0.2, 0) is 10.3 Å². The smallest absolute Gasteiger partial charge is 0.238 e. The molecule has 3 rings (SSSR count). The van der Waals surface area contributed by atoms with Crippen LogP contribution in [0.2, 0.25) is 5.02 Å². The number of anilines is 1. The lowest BCUT2D eigenvalue weighted by Gasteiger charge is -2.31. The van der Waals surface area contributed by atoms with E-state index in [0.717, 1.165) is 25.7 Å². The second-order valence-electron chi connectivity index (χ2n) is 7.11. The summed E-state index contributed by atoms with van der Waals surface area (Å²) in [7, 11) is 4.63. The molecule has 6 nitrogen and oxygen atoms in total. The van der Waals surface area contributed by atoms with Crippen molar-refractivity contribution >= 4 is 23.2 Å². The van der Waals surface area contributed by atoms with Gasteiger partial charge >= 0.3 is 0 Å². The minimum Gasteiger partial charge on any atom is -0.493 e. The van der Waals surface area contributed by atoms with Crippen molar-refractivity contribution in [2.75, 3.05) is 33.2 Å². The summed E-state index contributed by atoms with van der Waals surface area (Å²) in [4.78, 5) is 12.6. The molecule has 1 aliphatic carbocycles. The van der Waals surface area contributed by atoms with Crippen LogP contribution in [0.3, 0.4) is 0 Å². The van der Waals surface area contributed by atoms with Crippen molar-refractivity contribution in [3.63, 3.8) is 0 Å². The van der Waals surface area contributed by atoms with Crippen molar-refractivity contribution in [3.05, 3.63) is 47.0 Å². The predicted molar refractivity (Wildman–Crippen MR) is 114 cm³/mol. The van der Waals surface area contributed by atoms with Gasteiger partial charge in [-0.15, -0.1) is 0 Å². The van der Waals surface area contributed by atoms with Crippen LogP contribution in [0, 0.1) is 0 Å². The molecule has 156 valence electrons. The second-order valence-corrected chi connectivity index (χ2v) is 7.55. The van der Waals surface area contributed by atoms with Gasteiger partial charge in [-0.05, 0) is 30.5 Å². The Balaban J connectivity index is 1.71. The molecule has 1 amide bonds. The summed E-state index contributed by atoms with van der Waals surface area (Å²) >= 11 is 6.04. The monoisotopic (exact) mass is 418 g/mol. The van der Waals surface area contributed by atoms with E-state index in [2.05, 4.69) is 10.6 Å². The Bertz CT molecular complexity index is 823. The van der Waals surface area contributed by atoms with Gasteiger partial charge in [0.05, 0.1) is 27.9 Å². The Morgan fingerprint density at radius 3 is 2.10 bits per heavy atom. The van der Waals surface area contributed by atoms with Crippen molar-refractivity contribution in [2.45, 2.75) is 31.2 Å². The van der Waals surface area contributed by atoms with Crippen LogP contribution in [0.5, 0.6) is 17.2 Å². The zero-order valence-corrected chi connectivity index (χ0v) is 17.8. The summed E-state index contributed by atoms with van der Waals surface area (Å²) in [6.45, 7) is 0.194. The third-order valence-electron chi connectivity index (χ3n) is 5.39. The number of carbonyl (C=O) groups excluding carboxylic acids is 1. The lowest BCUT2D eigenvalue weighted by atomic mass is 9.88. The van der Waals surface area contributed by atoms with Crippen LogP contribution in [0.1, 0.15) is 31.2 Å². The number of hydrogen-bond acceptors (Lipinski definition) is 5. The quantitative estimate of drug-likeness (QED) is 0.666. The van der Waals surface area contributed by atoms with Crippen LogP contribution >= 0.6 is 11.6 Å². The fraction of sp³-hybridized carbons (Fsp3) is 0.409. The molecule has 0 heterocycles. The topological polar surface area (TPSA) is 68.8 Å². The Labute approximate surface area is 176 Å². The molecule has 0 aromatic heterocycles. The van der Waals surface area contributed by atoms with Gasteiger partial charge in [0.2, 0.25) is 11.7 Å². The third-order valence-corrected chi connectivity index (χ3v) is 5.64. The van der Waals surface area contributed by atoms with Crippen LogP contribution in [0.15, 0.2) is 36.4 Å². The molecule has 2 aromatic rings. The maximum atomic E-state index is 12.6. The summed E-state index contributed by atoms with van der Waals surface area (Å²) in [5, 5.41) is 7.10. The average Bonchev–Trinajstić information content (AvgIpc) is 3.22. The maximum absolute atomic E-state index is 12.6. The van der Waals surface area contributed by atoms with Gasteiger partial charge in [-0.3, -0.25) is 10.1 Å². The van der Waals surface area contributed by atoms with Crippen molar-refractivity contribution in [1.82, 2.24) is 5.32 Å². The highest BCUT2D eigenvalue weighted by atomic mass is 35.5. The van der Waals surface area contributed by atoms with Gasteiger partial charge in [0.15, 0.2) is 11.5 Å². The summed E-state index contributed by atoms with van der Waals surface area (Å²) in [6, 6.07) is 11.3. The van der Waals surface area contributed by atoms with E-state index < -0.39 is 0 Å². The fourth-order valence-corrected chi connectivity index (χ4v) is 4.05. The number of rotatable bonds is 8. The van der Waals surface area contributed by atoms with Crippen LogP contribution in [-0.4, -0.2) is 33.8 Å². The van der Waals surface area contributed by atoms with E-state index in [-0.39, 0.29) is 18.0 Å². The van der Waals surface area contributed by atoms with E-state index in [1.807, 2.05) is 24.3 Å². The molecule has 1 aliphatic rings. The molecule has 29 heavy (non-hydrogen) atoms. The number of amides is 1. The van der Waals surface area contributed by atoms with Gasteiger partial charge in [0.1, 0.15) is 0 Å². The van der Waals surface area contributed by atoms with Gasteiger partial charge in [0.25, 0.3) is 0 Å². The Hall–Kier alpha value is -2.44. The van der Waals surface area contributed by atoms with Crippen molar-refractivity contribution in [3.8, 4) is 17.2 Å². The number of ether oxygens (including phenoxy) is 3. The molecule has 0 saturated heterocycles. The molecule has 7 heteroatoms. The molecule has 0 unspecified atom stereocenters. The number of hydrogen-bond donors (Lipinski definition) is 2. The predicted octanol–water partition coefficient (Wildman–Crippen LogP) is 4.36. The summed E-state index contributed by atoms with van der Waals surface area (Å²) in [6.07, 6.45) is 4.24. The molecule has 2 aromatic carbocycles. The van der Waals surface area contributed by atoms with Crippen LogP contribution in [0.25, 0.3) is 0 Å². The van der Waals surface area contributed by atoms with E-state index in [4.69, 9.17) is 25.8 Å². The van der Waals surface area contributed by atoms with E-state index in [1.165, 1.54) is 5.56 Å². The Morgan fingerprint density at radius 1 is 1.00 bits per heavy atom. The standard InChI is InChI=1S/C22H27ClN2O4/c1-27-18-12-17(13-19(28-2)21(18)29-3)25-20(26)14-24-22(10-4-5-11-22)15-6-8-16(23)9-7-15/h6-9,12-13,24H,4-5,10-11,14H2,1-3H3,(H,25,26). The van der Waals surface area contributed by atoms with Crippen molar-refractivity contribution < 1.29 is 19.0 Å². The summed E-state index contributed by atoms with van der Waals surface area (Å²) in [5.74, 6) is 1.32. The first kappa shape index (κ1) is 21.3. The third kappa shape index (κ3) is 4.77. The first-order chi connectivity index (χ1) is 14.0. The maximum Gasteiger partial charge on any atom is 0.238 e. The number of carbonyl (C=O) groups is 1. The molecular weight excluding hydrogens is 392 g/mol. The SMILES string of the molecule is COc1cc(NC(=O)CNC2(c3ccc(Cl)cc3)CCCC2)cc(OC)c1OC. The van der Waals surface area contributed by atoms with E-state index in [1.54, 1.807) is 33.5 Å². The molecule has 0 atom stereocenters. The molecule has 1 saturated carbocycles. The van der Waals surface area contributed by atoms with Gasteiger partial charge in [-0.2, -0.15) is 0 Å². The van der Waals surface area contributed by atoms with E-state index in [0.29, 0.717) is 28.0 Å². The zero-order chi connectivity index (χ0) is 20.9. The zero-order valence-electron chi connectivity index (χ0n) is 17.0. The van der Waals surface area contributed by atoms with Gasteiger partial charge in [-0.1, -0.05) is 36.6 Å². The fourth-order valence-electron chi connectivity index (χ4n) is 3.92. The average molecular weight is 419 g/mol. The molecule has 0 spiro atoms. The van der Waals surface area contributed by atoms with Gasteiger partial charge < -0.3 is 19.5 Å². The minimum absolute atomic E-state index is 0.139. The van der Waals surface area contributed by atoms with Gasteiger partial charge in [-0.25, -0.2) is 0 Å². The number of benzene rings is 2. The number of nitrogens with one attached hydrogen (secondary N) is 2. The summed E-state index contributed by atoms with van der Waals surface area (Å²) < 4.78 is 16.0. The molecule has 0 bridgehead atoms. The van der Waals surface area contributed by atoms with Gasteiger partial charge in [0, 0.05) is 28.4 Å². The lowest BCUT2D eigenvalue weighted by Crippen LogP contribution is -2.44. The highest BCUT2D eigenvalue weighted by Gasteiger charge is 2.35. The highest BCUT2D eigenvalue weighted by Crippen LogP contribution is 2.40. The summed E-state index contributed by atoms with van der Waals surface area (Å²) in [5.41, 5.74) is 1.55. The lowest BCUT2D eigenvalue weighted by molar-refractivity contribution is -0.115.